The lowest BCUT2D eigenvalue weighted by atomic mass is 9.90. The number of nitrogens with zero attached hydrogens (tertiary/aromatic N) is 4. The first-order valence-electron chi connectivity index (χ1n) is 20.8. The molecule has 2 aromatic heterocycles. The number of imidazole rings is 2. The highest BCUT2D eigenvalue weighted by molar-refractivity contribution is 5.95. The number of hydrogen-bond acceptors (Lipinski definition) is 2. The molecule has 0 aliphatic carbocycles. The molecule has 0 saturated carbocycles. The Hall–Kier alpha value is -7.30. The van der Waals surface area contributed by atoms with Crippen molar-refractivity contribution in [3.63, 3.8) is 0 Å². The van der Waals surface area contributed by atoms with Gasteiger partial charge < -0.3 is 4.57 Å². The zero-order valence-electron chi connectivity index (χ0n) is 34.3. The van der Waals surface area contributed by atoms with E-state index in [1.165, 1.54) is 27.8 Å². The summed E-state index contributed by atoms with van der Waals surface area (Å²) in [5.74, 6) is 1.93. The van der Waals surface area contributed by atoms with Crippen molar-refractivity contribution in [2.45, 2.75) is 33.7 Å². The maximum absolute atomic E-state index is 5.37. The Kier molecular flexibility index (Phi) is 9.54. The van der Waals surface area contributed by atoms with Crippen molar-refractivity contribution in [3.8, 4) is 61.8 Å². The standard InChI is InChI=1S/C56H46N4/c1-56(2,3)38-59-51-33-30-40(35-50(51)58-54(59)44-24-14-7-15-25-44)34-39-28-31-45(32-29-39)55-57-49-26-16-17-27-52(49)60(55)53-47(42-20-10-5-11-21-42)36-46(41-18-8-4-9-19-41)37-48(53)43-22-12-6-13-23-43/h4-33,35-37H,34,38H2,1-3H3. The lowest BCUT2D eigenvalue weighted by Gasteiger charge is -2.21. The third-order valence-corrected chi connectivity index (χ3v) is 11.3. The lowest BCUT2D eigenvalue weighted by Crippen LogP contribution is -2.16. The third-order valence-electron chi connectivity index (χ3n) is 11.3. The first-order chi connectivity index (χ1) is 29.4. The van der Waals surface area contributed by atoms with Crippen LogP contribution < -0.4 is 0 Å². The average Bonchev–Trinajstić information content (AvgIpc) is 3.85. The highest BCUT2D eigenvalue weighted by atomic mass is 15.1. The molecule has 0 fully saturated rings. The summed E-state index contributed by atoms with van der Waals surface area (Å²) in [6.07, 6.45) is 0.802. The van der Waals surface area contributed by atoms with E-state index in [-0.39, 0.29) is 5.41 Å². The van der Waals surface area contributed by atoms with Crippen LogP contribution in [-0.4, -0.2) is 19.1 Å². The van der Waals surface area contributed by atoms with Crippen LogP contribution in [0.15, 0.2) is 200 Å². The fraction of sp³-hybridized carbons (Fsp3) is 0.107. The smallest absolute Gasteiger partial charge is 0.145 e. The highest BCUT2D eigenvalue weighted by Crippen LogP contribution is 2.43. The van der Waals surface area contributed by atoms with Crippen molar-refractivity contribution >= 4 is 22.1 Å². The molecule has 60 heavy (non-hydrogen) atoms. The molecule has 10 rings (SSSR count). The molecular weight excluding hydrogens is 729 g/mol. The molecular formula is C56H46N4. The van der Waals surface area contributed by atoms with Gasteiger partial charge in [0.25, 0.3) is 0 Å². The van der Waals surface area contributed by atoms with Gasteiger partial charge in [-0.3, -0.25) is 4.57 Å². The molecule has 4 heteroatoms. The number of aromatic nitrogens is 4. The first kappa shape index (κ1) is 37.0. The van der Waals surface area contributed by atoms with Gasteiger partial charge in [0.15, 0.2) is 0 Å². The zero-order valence-corrected chi connectivity index (χ0v) is 34.3. The van der Waals surface area contributed by atoms with Crippen LogP contribution in [-0.2, 0) is 13.0 Å². The molecule has 0 atom stereocenters. The number of para-hydroxylation sites is 2. The van der Waals surface area contributed by atoms with Crippen LogP contribution in [0.3, 0.4) is 0 Å². The number of fused-ring (bicyclic) bond motifs is 2. The first-order valence-corrected chi connectivity index (χ1v) is 20.8. The maximum Gasteiger partial charge on any atom is 0.145 e. The minimum atomic E-state index is 0.107. The molecule has 0 N–H and O–H groups in total. The van der Waals surface area contributed by atoms with Gasteiger partial charge in [0.1, 0.15) is 11.6 Å². The summed E-state index contributed by atoms with van der Waals surface area (Å²) >= 11 is 0. The second kappa shape index (κ2) is 15.5. The third kappa shape index (κ3) is 7.22. The highest BCUT2D eigenvalue weighted by Gasteiger charge is 2.23. The number of benzene rings is 8. The van der Waals surface area contributed by atoms with E-state index in [2.05, 4.69) is 230 Å². The van der Waals surface area contributed by atoms with Crippen molar-refractivity contribution in [3.05, 3.63) is 211 Å². The summed E-state index contributed by atoms with van der Waals surface area (Å²) in [7, 11) is 0. The van der Waals surface area contributed by atoms with Crippen molar-refractivity contribution in [2.24, 2.45) is 5.41 Å². The van der Waals surface area contributed by atoms with E-state index in [0.29, 0.717) is 0 Å². The second-order valence-corrected chi connectivity index (χ2v) is 16.9. The van der Waals surface area contributed by atoms with Gasteiger partial charge in [-0.2, -0.15) is 0 Å². The van der Waals surface area contributed by atoms with E-state index in [4.69, 9.17) is 9.97 Å². The van der Waals surface area contributed by atoms with Gasteiger partial charge in [-0.25, -0.2) is 9.97 Å². The maximum atomic E-state index is 5.37. The lowest BCUT2D eigenvalue weighted by molar-refractivity contribution is 0.350. The Labute approximate surface area is 352 Å². The minimum Gasteiger partial charge on any atom is -0.323 e. The zero-order chi connectivity index (χ0) is 40.6. The van der Waals surface area contributed by atoms with Crippen molar-refractivity contribution < 1.29 is 0 Å². The summed E-state index contributed by atoms with van der Waals surface area (Å²) in [6, 6.07) is 71.7. The van der Waals surface area contributed by atoms with Crippen LogP contribution in [0.2, 0.25) is 0 Å². The summed E-state index contributed by atoms with van der Waals surface area (Å²) in [4.78, 5) is 10.6. The number of hydrogen-bond donors (Lipinski definition) is 0. The molecule has 0 unspecified atom stereocenters. The van der Waals surface area contributed by atoms with Gasteiger partial charge in [-0.15, -0.1) is 0 Å². The van der Waals surface area contributed by atoms with Crippen LogP contribution in [0.1, 0.15) is 31.9 Å². The molecule has 0 bridgehead atoms. The molecule has 0 aliphatic heterocycles. The van der Waals surface area contributed by atoms with Crippen LogP contribution in [0.4, 0.5) is 0 Å². The molecule has 0 spiro atoms. The Balaban J connectivity index is 1.09. The van der Waals surface area contributed by atoms with Gasteiger partial charge in [0, 0.05) is 28.8 Å². The van der Waals surface area contributed by atoms with E-state index in [0.717, 1.165) is 80.2 Å². The van der Waals surface area contributed by atoms with Crippen molar-refractivity contribution in [1.82, 2.24) is 19.1 Å². The normalized spacial score (nSPS) is 11.7. The van der Waals surface area contributed by atoms with Crippen LogP contribution in [0.5, 0.6) is 0 Å². The van der Waals surface area contributed by atoms with Gasteiger partial charge in [-0.1, -0.05) is 185 Å². The van der Waals surface area contributed by atoms with Gasteiger partial charge in [0.2, 0.25) is 0 Å². The molecule has 10 aromatic rings. The van der Waals surface area contributed by atoms with E-state index in [1.54, 1.807) is 0 Å². The second-order valence-electron chi connectivity index (χ2n) is 16.9. The Bertz CT molecular complexity index is 3020. The topological polar surface area (TPSA) is 35.6 Å². The minimum absolute atomic E-state index is 0.107. The van der Waals surface area contributed by atoms with Gasteiger partial charge >= 0.3 is 0 Å². The van der Waals surface area contributed by atoms with Gasteiger partial charge in [-0.05, 0) is 81.6 Å². The van der Waals surface area contributed by atoms with E-state index in [9.17, 15) is 0 Å². The molecule has 0 radical (unpaired) electrons. The van der Waals surface area contributed by atoms with Crippen LogP contribution >= 0.6 is 0 Å². The van der Waals surface area contributed by atoms with Crippen molar-refractivity contribution in [2.75, 3.05) is 0 Å². The predicted octanol–water partition coefficient (Wildman–Crippen LogP) is 14.3. The fourth-order valence-electron chi connectivity index (χ4n) is 8.53. The largest absolute Gasteiger partial charge is 0.323 e. The summed E-state index contributed by atoms with van der Waals surface area (Å²) in [6.45, 7) is 7.74. The quantitative estimate of drug-likeness (QED) is 0.146. The molecule has 2 heterocycles. The molecule has 0 amide bonds. The van der Waals surface area contributed by atoms with E-state index < -0.39 is 0 Å². The monoisotopic (exact) mass is 774 g/mol. The molecule has 8 aromatic carbocycles. The van der Waals surface area contributed by atoms with Crippen LogP contribution in [0.25, 0.3) is 83.9 Å². The van der Waals surface area contributed by atoms with Crippen LogP contribution in [0, 0.1) is 5.41 Å². The Morgan fingerprint density at radius 1 is 0.400 bits per heavy atom. The summed E-state index contributed by atoms with van der Waals surface area (Å²) in [5, 5.41) is 0. The predicted molar refractivity (Wildman–Crippen MR) is 250 cm³/mol. The Morgan fingerprint density at radius 2 is 0.900 bits per heavy atom. The summed E-state index contributed by atoms with van der Waals surface area (Å²) in [5.41, 5.74) is 17.0. The summed E-state index contributed by atoms with van der Waals surface area (Å²) < 4.78 is 4.77. The fourth-order valence-corrected chi connectivity index (χ4v) is 8.53. The molecule has 4 nitrogen and oxygen atoms in total. The molecule has 290 valence electrons. The van der Waals surface area contributed by atoms with E-state index >= 15 is 0 Å². The SMILES string of the molecule is CC(C)(C)Cn1c(-c2ccccc2)nc2cc(Cc3ccc(-c4nc5ccccc5n4-c4c(-c5ccccc5)cc(-c5ccccc5)cc4-c4ccccc4)cc3)ccc21. The van der Waals surface area contributed by atoms with E-state index in [1.807, 2.05) is 0 Å². The molecule has 0 saturated heterocycles. The molecule has 0 aliphatic rings. The van der Waals surface area contributed by atoms with Gasteiger partial charge in [0.05, 0.1) is 27.8 Å². The number of rotatable bonds is 9. The van der Waals surface area contributed by atoms with Crippen molar-refractivity contribution in [1.29, 1.82) is 0 Å². The Morgan fingerprint density at radius 3 is 1.50 bits per heavy atom. The average molecular weight is 775 g/mol.